The highest BCUT2D eigenvalue weighted by Crippen LogP contribution is 2.36. The van der Waals surface area contributed by atoms with Crippen LogP contribution >= 0.6 is 0 Å². The van der Waals surface area contributed by atoms with Crippen LogP contribution in [0.4, 0.5) is 13.2 Å². The minimum atomic E-state index is -4.45. The van der Waals surface area contributed by atoms with Crippen molar-refractivity contribution in [3.05, 3.63) is 47.7 Å². The van der Waals surface area contributed by atoms with Gasteiger partial charge in [0, 0.05) is 18.0 Å². The normalized spacial score (nSPS) is 12.0. The van der Waals surface area contributed by atoms with Crippen LogP contribution in [0.15, 0.2) is 36.4 Å². The molecule has 22 heavy (non-hydrogen) atoms. The number of aromatic nitrogens is 2. The third kappa shape index (κ3) is 2.14. The van der Waals surface area contributed by atoms with Gasteiger partial charge < -0.3 is 14.7 Å². The Hall–Kier alpha value is -2.70. The first-order chi connectivity index (χ1) is 10.3. The van der Waals surface area contributed by atoms with Crippen LogP contribution in [-0.4, -0.2) is 20.6 Å². The minimum Gasteiger partial charge on any atom is -0.477 e. The van der Waals surface area contributed by atoms with E-state index in [1.807, 2.05) is 0 Å². The molecule has 3 rings (SSSR count). The van der Waals surface area contributed by atoms with Crippen molar-refractivity contribution in [3.63, 3.8) is 0 Å². The van der Waals surface area contributed by atoms with Crippen molar-refractivity contribution >= 4 is 16.9 Å². The Bertz CT molecular complexity index is 875. The second-order valence-corrected chi connectivity index (χ2v) is 4.92. The number of H-pyrrole nitrogens is 1. The predicted molar refractivity (Wildman–Crippen MR) is 74.7 cm³/mol. The van der Waals surface area contributed by atoms with Crippen LogP contribution in [0.5, 0.6) is 0 Å². The minimum absolute atomic E-state index is 0.0584. The molecule has 0 saturated carbocycles. The van der Waals surface area contributed by atoms with Crippen molar-refractivity contribution in [2.45, 2.75) is 6.18 Å². The van der Waals surface area contributed by atoms with Crippen LogP contribution in [0.1, 0.15) is 16.1 Å². The maximum Gasteiger partial charge on any atom is 0.417 e. The first-order valence-electron chi connectivity index (χ1n) is 6.37. The molecule has 0 aliphatic rings. The van der Waals surface area contributed by atoms with E-state index < -0.39 is 17.7 Å². The Labute approximate surface area is 122 Å². The molecule has 0 bridgehead atoms. The topological polar surface area (TPSA) is 58.0 Å². The van der Waals surface area contributed by atoms with Gasteiger partial charge in [0.15, 0.2) is 0 Å². The Morgan fingerprint density at radius 3 is 2.55 bits per heavy atom. The van der Waals surface area contributed by atoms with Gasteiger partial charge in [-0.2, -0.15) is 13.2 Å². The van der Waals surface area contributed by atoms with Gasteiger partial charge >= 0.3 is 12.1 Å². The van der Waals surface area contributed by atoms with E-state index in [2.05, 4.69) is 4.98 Å². The monoisotopic (exact) mass is 308 g/mol. The fraction of sp³-hybridized carbons (Fsp3) is 0.133. The molecule has 0 atom stereocenters. The number of carbonyl (C=O) groups is 1. The van der Waals surface area contributed by atoms with Crippen LogP contribution in [0, 0.1) is 0 Å². The average molecular weight is 308 g/mol. The zero-order chi connectivity index (χ0) is 16.1. The van der Waals surface area contributed by atoms with Gasteiger partial charge in [-0.15, -0.1) is 0 Å². The van der Waals surface area contributed by atoms with Crippen LogP contribution in [-0.2, 0) is 13.2 Å². The molecular weight excluding hydrogens is 297 g/mol. The summed E-state index contributed by atoms with van der Waals surface area (Å²) in [6.07, 6.45) is -4.45. The molecule has 0 aliphatic carbocycles. The highest BCUT2D eigenvalue weighted by molar-refractivity contribution is 5.90. The van der Waals surface area contributed by atoms with Crippen LogP contribution in [0.2, 0.25) is 0 Å². The molecule has 0 fully saturated rings. The molecule has 114 valence electrons. The van der Waals surface area contributed by atoms with E-state index in [0.29, 0.717) is 16.9 Å². The first-order valence-corrected chi connectivity index (χ1v) is 6.37. The number of hydrogen-bond donors (Lipinski definition) is 2. The number of fused-ring (bicyclic) bond motifs is 1. The largest absolute Gasteiger partial charge is 0.477 e. The fourth-order valence-electron chi connectivity index (χ4n) is 2.54. The molecule has 0 saturated heterocycles. The van der Waals surface area contributed by atoms with Gasteiger partial charge in [0.1, 0.15) is 5.69 Å². The van der Waals surface area contributed by atoms with Gasteiger partial charge in [-0.1, -0.05) is 6.07 Å². The van der Waals surface area contributed by atoms with Crippen molar-refractivity contribution in [3.8, 4) is 11.4 Å². The van der Waals surface area contributed by atoms with Gasteiger partial charge in [-0.25, -0.2) is 4.79 Å². The molecule has 2 aromatic heterocycles. The van der Waals surface area contributed by atoms with Gasteiger partial charge in [-0.05, 0) is 30.3 Å². The summed E-state index contributed by atoms with van der Waals surface area (Å²) in [4.78, 5) is 13.9. The molecule has 0 spiro atoms. The number of nitrogens with zero attached hydrogens (tertiary/aromatic N) is 1. The Morgan fingerprint density at radius 1 is 1.23 bits per heavy atom. The van der Waals surface area contributed by atoms with E-state index in [4.69, 9.17) is 5.11 Å². The molecule has 0 amide bonds. The van der Waals surface area contributed by atoms with Gasteiger partial charge in [-0.3, -0.25) is 0 Å². The summed E-state index contributed by atoms with van der Waals surface area (Å²) in [5, 5.41) is 9.10. The SMILES string of the molecule is Cn1c(C(=O)O)ccc1-c1cc2c(C(F)(F)F)cccc2[nH]1. The summed E-state index contributed by atoms with van der Waals surface area (Å²) in [6.45, 7) is 0. The van der Waals surface area contributed by atoms with Crippen molar-refractivity contribution in [1.29, 1.82) is 0 Å². The van der Waals surface area contributed by atoms with E-state index in [1.54, 1.807) is 19.2 Å². The maximum absolute atomic E-state index is 13.0. The predicted octanol–water partition coefficient (Wildman–Crippen LogP) is 3.89. The third-order valence-electron chi connectivity index (χ3n) is 3.59. The molecule has 0 radical (unpaired) electrons. The molecule has 2 N–H and O–H groups in total. The molecule has 2 heterocycles. The number of aromatic carboxylic acids is 1. The van der Waals surface area contributed by atoms with Gasteiger partial charge in [0.25, 0.3) is 0 Å². The lowest BCUT2D eigenvalue weighted by molar-refractivity contribution is -0.136. The quantitative estimate of drug-likeness (QED) is 0.754. The molecule has 0 aliphatic heterocycles. The lowest BCUT2D eigenvalue weighted by Crippen LogP contribution is -2.05. The number of halogens is 3. The summed E-state index contributed by atoms with van der Waals surface area (Å²) >= 11 is 0. The summed E-state index contributed by atoms with van der Waals surface area (Å²) in [5.74, 6) is -1.10. The zero-order valence-corrected chi connectivity index (χ0v) is 11.4. The fourth-order valence-corrected chi connectivity index (χ4v) is 2.54. The van der Waals surface area contributed by atoms with Crippen LogP contribution in [0.25, 0.3) is 22.3 Å². The van der Waals surface area contributed by atoms with E-state index in [0.717, 1.165) is 6.07 Å². The lowest BCUT2D eigenvalue weighted by Gasteiger charge is -2.06. The van der Waals surface area contributed by atoms with E-state index in [9.17, 15) is 18.0 Å². The van der Waals surface area contributed by atoms with Gasteiger partial charge in [0.05, 0.1) is 17.0 Å². The van der Waals surface area contributed by atoms with Crippen molar-refractivity contribution in [1.82, 2.24) is 9.55 Å². The molecular formula is C15H11F3N2O2. The van der Waals surface area contributed by atoms with Crippen molar-refractivity contribution in [2.75, 3.05) is 0 Å². The number of hydrogen-bond acceptors (Lipinski definition) is 1. The number of alkyl halides is 3. The Balaban J connectivity index is 2.20. The number of nitrogens with one attached hydrogen (secondary N) is 1. The second kappa shape index (κ2) is 4.66. The zero-order valence-electron chi connectivity index (χ0n) is 11.4. The number of benzene rings is 1. The molecule has 3 aromatic rings. The Kier molecular flexibility index (Phi) is 3.01. The highest BCUT2D eigenvalue weighted by Gasteiger charge is 2.33. The van der Waals surface area contributed by atoms with E-state index in [-0.39, 0.29) is 11.1 Å². The van der Waals surface area contributed by atoms with Crippen LogP contribution < -0.4 is 0 Å². The summed E-state index contributed by atoms with van der Waals surface area (Å²) in [5.41, 5.74) is 0.621. The summed E-state index contributed by atoms with van der Waals surface area (Å²) < 4.78 is 40.5. The standard InChI is InChI=1S/C15H11F3N2O2/c1-20-12(5-6-13(20)14(21)22)11-7-8-9(15(16,17)18)3-2-4-10(8)19-11/h2-7,19H,1H3,(H,21,22). The molecule has 7 heteroatoms. The smallest absolute Gasteiger partial charge is 0.417 e. The number of carboxylic acids is 1. The van der Waals surface area contributed by atoms with E-state index >= 15 is 0 Å². The third-order valence-corrected chi connectivity index (χ3v) is 3.59. The summed E-state index contributed by atoms with van der Waals surface area (Å²) in [6, 6.07) is 8.26. The first kappa shape index (κ1) is 14.2. The molecule has 0 unspecified atom stereocenters. The Morgan fingerprint density at radius 2 is 1.95 bits per heavy atom. The second-order valence-electron chi connectivity index (χ2n) is 4.92. The number of aromatic amines is 1. The number of carboxylic acid groups (broad SMARTS) is 1. The van der Waals surface area contributed by atoms with Gasteiger partial charge in [0.2, 0.25) is 0 Å². The van der Waals surface area contributed by atoms with Crippen LogP contribution in [0.3, 0.4) is 0 Å². The number of rotatable bonds is 2. The highest BCUT2D eigenvalue weighted by atomic mass is 19.4. The molecule has 4 nitrogen and oxygen atoms in total. The van der Waals surface area contributed by atoms with Crippen molar-refractivity contribution < 1.29 is 23.1 Å². The summed E-state index contributed by atoms with van der Waals surface area (Å²) in [7, 11) is 1.55. The van der Waals surface area contributed by atoms with E-state index in [1.165, 1.54) is 22.8 Å². The van der Waals surface area contributed by atoms with Crippen molar-refractivity contribution in [2.24, 2.45) is 7.05 Å². The molecule has 1 aromatic carbocycles. The lowest BCUT2D eigenvalue weighted by atomic mass is 10.1. The average Bonchev–Trinajstić information content (AvgIpc) is 2.99. The maximum atomic E-state index is 13.0.